The average Bonchev–Trinajstić information content (AvgIpc) is 3.16. The summed E-state index contributed by atoms with van der Waals surface area (Å²) in [6, 6.07) is 0.975. The molecule has 1 saturated carbocycles. The summed E-state index contributed by atoms with van der Waals surface area (Å²) in [6.45, 7) is 1.85. The first-order valence-electron chi connectivity index (χ1n) is 8.30. The molecule has 24 heavy (non-hydrogen) atoms. The lowest BCUT2D eigenvalue weighted by molar-refractivity contribution is -0.141. The predicted molar refractivity (Wildman–Crippen MR) is 83.5 cm³/mol. The number of aliphatic carboxylic acids is 1. The van der Waals surface area contributed by atoms with E-state index in [2.05, 4.69) is 15.1 Å². The maximum absolute atomic E-state index is 13.0. The van der Waals surface area contributed by atoms with Gasteiger partial charge in [0.2, 0.25) is 5.82 Å². The number of hydrogen-bond donors (Lipinski definition) is 1. The monoisotopic (exact) mass is 329 g/mol. The Balaban J connectivity index is 1.72. The first-order valence-corrected chi connectivity index (χ1v) is 8.30. The van der Waals surface area contributed by atoms with E-state index in [1.165, 1.54) is 9.42 Å². The summed E-state index contributed by atoms with van der Waals surface area (Å²) < 4.78 is 1.51. The predicted octanol–water partition coefficient (Wildman–Crippen LogP) is 1.29. The highest BCUT2D eigenvalue weighted by Crippen LogP contribution is 2.40. The van der Waals surface area contributed by atoms with Gasteiger partial charge in [-0.3, -0.25) is 4.79 Å². The molecular weight excluding hydrogens is 310 g/mol. The maximum Gasteiger partial charge on any atom is 0.326 e. The molecule has 1 N–H and O–H groups in total. The van der Waals surface area contributed by atoms with E-state index < -0.39 is 17.9 Å². The van der Waals surface area contributed by atoms with Gasteiger partial charge in [-0.25, -0.2) is 14.3 Å². The third kappa shape index (κ3) is 2.24. The number of fused-ring (bicyclic) bond motifs is 2. The van der Waals surface area contributed by atoms with E-state index in [1.54, 1.807) is 12.3 Å². The number of carboxylic acid groups (broad SMARTS) is 1. The Kier molecular flexibility index (Phi) is 3.47. The minimum absolute atomic E-state index is 0.0204. The summed E-state index contributed by atoms with van der Waals surface area (Å²) in [5.41, 5.74) is 0.818. The minimum atomic E-state index is -0.948. The molecule has 1 aliphatic heterocycles. The molecule has 3 heterocycles. The van der Waals surface area contributed by atoms with Gasteiger partial charge in [-0.05, 0) is 38.2 Å². The van der Waals surface area contributed by atoms with Crippen LogP contribution in [0.4, 0.5) is 0 Å². The second-order valence-corrected chi connectivity index (χ2v) is 6.65. The molecule has 2 aromatic rings. The van der Waals surface area contributed by atoms with Gasteiger partial charge in [0.15, 0.2) is 0 Å². The van der Waals surface area contributed by atoms with Crippen molar-refractivity contribution in [2.45, 2.75) is 51.1 Å². The lowest BCUT2D eigenvalue weighted by atomic mass is 9.85. The van der Waals surface area contributed by atoms with Crippen LogP contribution in [0.25, 0.3) is 5.78 Å². The summed E-state index contributed by atoms with van der Waals surface area (Å²) in [7, 11) is 0. The van der Waals surface area contributed by atoms with Crippen LogP contribution in [0.15, 0.2) is 12.3 Å². The minimum Gasteiger partial charge on any atom is -0.480 e. The van der Waals surface area contributed by atoms with Crippen molar-refractivity contribution >= 4 is 17.7 Å². The summed E-state index contributed by atoms with van der Waals surface area (Å²) in [5, 5.41) is 13.8. The van der Waals surface area contributed by atoms with Gasteiger partial charge in [0.25, 0.3) is 11.7 Å². The van der Waals surface area contributed by atoms with Crippen LogP contribution in [-0.4, -0.2) is 53.5 Å². The van der Waals surface area contributed by atoms with Crippen LogP contribution in [0.5, 0.6) is 0 Å². The fourth-order valence-corrected chi connectivity index (χ4v) is 4.09. The van der Waals surface area contributed by atoms with Crippen LogP contribution in [0.1, 0.15) is 48.4 Å². The van der Waals surface area contributed by atoms with Crippen molar-refractivity contribution in [1.29, 1.82) is 0 Å². The Labute approximate surface area is 138 Å². The molecule has 1 saturated heterocycles. The van der Waals surface area contributed by atoms with E-state index in [0.29, 0.717) is 12.2 Å². The fourth-order valence-electron chi connectivity index (χ4n) is 4.09. The van der Waals surface area contributed by atoms with E-state index in [-0.39, 0.29) is 17.8 Å². The number of aryl methyl sites for hydroxylation is 1. The average molecular weight is 329 g/mol. The molecule has 4 rings (SSSR count). The number of amides is 1. The molecule has 2 fully saturated rings. The molecule has 3 atom stereocenters. The van der Waals surface area contributed by atoms with Gasteiger partial charge in [0.1, 0.15) is 6.04 Å². The number of hydrogen-bond acceptors (Lipinski definition) is 5. The highest BCUT2D eigenvalue weighted by atomic mass is 16.4. The van der Waals surface area contributed by atoms with Gasteiger partial charge in [0.05, 0.1) is 0 Å². The normalized spacial score (nSPS) is 26.5. The molecule has 0 aromatic carbocycles. The summed E-state index contributed by atoms with van der Waals surface area (Å²) in [5.74, 6) is -0.711. The smallest absolute Gasteiger partial charge is 0.326 e. The number of carbonyl (C=O) groups is 2. The maximum atomic E-state index is 13.0. The summed E-state index contributed by atoms with van der Waals surface area (Å²) >= 11 is 0. The van der Waals surface area contributed by atoms with Gasteiger partial charge in [0, 0.05) is 17.9 Å². The quantitative estimate of drug-likeness (QED) is 0.891. The second kappa shape index (κ2) is 5.54. The fraction of sp³-hybridized carbons (Fsp3) is 0.562. The number of carbonyl (C=O) groups excluding carboxylic acids is 1. The first kappa shape index (κ1) is 15.0. The van der Waals surface area contributed by atoms with E-state index >= 15 is 0 Å². The molecule has 2 aliphatic rings. The first-order chi connectivity index (χ1) is 11.6. The van der Waals surface area contributed by atoms with E-state index in [0.717, 1.165) is 31.4 Å². The Morgan fingerprint density at radius 3 is 2.83 bits per heavy atom. The number of carboxylic acids is 1. The zero-order valence-electron chi connectivity index (χ0n) is 13.4. The zero-order valence-corrected chi connectivity index (χ0v) is 13.4. The highest BCUT2D eigenvalue weighted by molar-refractivity contribution is 5.94. The van der Waals surface area contributed by atoms with Crippen molar-refractivity contribution in [3.8, 4) is 0 Å². The van der Waals surface area contributed by atoms with Crippen molar-refractivity contribution in [1.82, 2.24) is 24.5 Å². The van der Waals surface area contributed by atoms with Crippen LogP contribution < -0.4 is 0 Å². The van der Waals surface area contributed by atoms with Crippen molar-refractivity contribution in [2.24, 2.45) is 5.92 Å². The van der Waals surface area contributed by atoms with E-state index in [4.69, 9.17) is 0 Å². The zero-order chi connectivity index (χ0) is 16.8. The summed E-state index contributed by atoms with van der Waals surface area (Å²) in [6.07, 6.45) is 6.10. The number of likely N-dealkylation sites (tertiary alicyclic amines) is 1. The second-order valence-electron chi connectivity index (χ2n) is 6.65. The topological polar surface area (TPSA) is 101 Å². The highest BCUT2D eigenvalue weighted by Gasteiger charge is 2.48. The van der Waals surface area contributed by atoms with Crippen molar-refractivity contribution in [3.05, 3.63) is 23.8 Å². The van der Waals surface area contributed by atoms with Gasteiger partial charge in [-0.15, -0.1) is 5.10 Å². The number of nitrogens with zero attached hydrogens (tertiary/aromatic N) is 5. The van der Waals surface area contributed by atoms with Crippen molar-refractivity contribution in [2.75, 3.05) is 0 Å². The largest absolute Gasteiger partial charge is 0.480 e. The molecule has 1 amide bonds. The van der Waals surface area contributed by atoms with Crippen molar-refractivity contribution in [3.63, 3.8) is 0 Å². The molecule has 0 radical (unpaired) electrons. The lowest BCUT2D eigenvalue weighted by Gasteiger charge is -2.32. The SMILES string of the molecule is Cc1ccnc2nc(C(=O)N3C(C(=O)O)CC4CCCCC43)nn12. The molecule has 8 nitrogen and oxygen atoms in total. The molecular formula is C16H19N5O3. The Morgan fingerprint density at radius 2 is 2.08 bits per heavy atom. The number of aromatic nitrogens is 4. The van der Waals surface area contributed by atoms with Gasteiger partial charge in [-0.2, -0.15) is 4.98 Å². The third-order valence-corrected chi connectivity index (χ3v) is 5.23. The van der Waals surface area contributed by atoms with E-state index in [1.807, 2.05) is 6.92 Å². The third-order valence-electron chi connectivity index (χ3n) is 5.23. The number of rotatable bonds is 2. The molecule has 126 valence electrons. The molecule has 0 bridgehead atoms. The lowest BCUT2D eigenvalue weighted by Crippen LogP contribution is -2.46. The molecule has 3 unspecified atom stereocenters. The van der Waals surface area contributed by atoms with Crippen LogP contribution in [0, 0.1) is 12.8 Å². The van der Waals surface area contributed by atoms with Crippen LogP contribution in [-0.2, 0) is 4.79 Å². The molecule has 8 heteroatoms. The Morgan fingerprint density at radius 1 is 1.29 bits per heavy atom. The Hall–Kier alpha value is -2.51. The van der Waals surface area contributed by atoms with Crippen LogP contribution in [0.2, 0.25) is 0 Å². The van der Waals surface area contributed by atoms with Crippen molar-refractivity contribution < 1.29 is 14.7 Å². The standard InChI is InChI=1S/C16H19N5O3/c1-9-6-7-17-16-18-13(19-21(9)16)14(22)20-11-5-3-2-4-10(11)8-12(20)15(23)24/h6-7,10-12H,2-5,8H2,1H3,(H,23,24). The molecule has 0 spiro atoms. The molecule has 2 aromatic heterocycles. The molecule has 1 aliphatic carbocycles. The van der Waals surface area contributed by atoms with Gasteiger partial charge >= 0.3 is 5.97 Å². The Bertz CT molecular complexity index is 817. The van der Waals surface area contributed by atoms with Gasteiger partial charge in [-0.1, -0.05) is 12.8 Å². The summed E-state index contributed by atoms with van der Waals surface area (Å²) in [4.78, 5) is 34.5. The van der Waals surface area contributed by atoms with E-state index in [9.17, 15) is 14.7 Å². The van der Waals surface area contributed by atoms with Crippen LogP contribution in [0.3, 0.4) is 0 Å². The van der Waals surface area contributed by atoms with Crippen LogP contribution >= 0.6 is 0 Å². The van der Waals surface area contributed by atoms with Gasteiger partial charge < -0.3 is 10.0 Å².